The van der Waals surface area contributed by atoms with E-state index in [0.29, 0.717) is 21.9 Å². The summed E-state index contributed by atoms with van der Waals surface area (Å²) in [6.45, 7) is 3.76. The number of amides is 1. The molecule has 6 heteroatoms. The van der Waals surface area contributed by atoms with E-state index in [0.717, 1.165) is 19.6 Å². The lowest BCUT2D eigenvalue weighted by Crippen LogP contribution is -2.56. The fourth-order valence-corrected chi connectivity index (χ4v) is 3.63. The summed E-state index contributed by atoms with van der Waals surface area (Å²) in [5.41, 5.74) is 0.573. The molecule has 20 heavy (non-hydrogen) atoms. The lowest BCUT2D eigenvalue weighted by Gasteiger charge is -2.44. The van der Waals surface area contributed by atoms with Crippen LogP contribution in [0.4, 0.5) is 0 Å². The average molecular weight is 316 g/mol. The molecule has 110 valence electrons. The Labute approximate surface area is 129 Å². The quantitative estimate of drug-likeness (QED) is 0.797. The first-order valence-corrected chi connectivity index (χ1v) is 7.87. The van der Waals surface area contributed by atoms with Crippen molar-refractivity contribution in [2.75, 3.05) is 26.2 Å². The Hall–Kier alpha value is -0.710. The molecule has 2 saturated heterocycles. The highest BCUT2D eigenvalue weighted by Crippen LogP contribution is 2.27. The van der Waals surface area contributed by atoms with E-state index in [-0.39, 0.29) is 5.91 Å². The molecule has 1 atom stereocenters. The third kappa shape index (κ3) is 2.45. The minimum atomic E-state index is 0.0338. The van der Waals surface area contributed by atoms with Gasteiger partial charge in [-0.1, -0.05) is 29.6 Å². The fraction of sp³-hybridized carbons (Fsp3) is 0.643. The van der Waals surface area contributed by atoms with Gasteiger partial charge in [0.05, 0.1) is 5.02 Å². The molecule has 3 rings (SSSR count). The summed E-state index contributed by atoms with van der Waals surface area (Å²) in [4.78, 5) is 17.1. The van der Waals surface area contributed by atoms with Crippen LogP contribution in [0.15, 0.2) is 6.07 Å². The van der Waals surface area contributed by atoms with E-state index in [1.54, 1.807) is 17.7 Å². The zero-order chi connectivity index (χ0) is 14.3. The Morgan fingerprint density at radius 2 is 2.05 bits per heavy atom. The van der Waals surface area contributed by atoms with Gasteiger partial charge in [-0.25, -0.2) is 0 Å². The Balaban J connectivity index is 1.76. The maximum Gasteiger partial charge on any atom is 0.270 e. The monoisotopic (exact) mass is 315 g/mol. The second-order valence-electron chi connectivity index (χ2n) is 5.66. The van der Waals surface area contributed by atoms with Crippen molar-refractivity contribution in [3.8, 4) is 0 Å². The number of hydrogen-bond acceptors (Lipinski definition) is 2. The lowest BCUT2D eigenvalue weighted by molar-refractivity contribution is 0.0365. The summed E-state index contributed by atoms with van der Waals surface area (Å²) in [7, 11) is 1.78. The lowest BCUT2D eigenvalue weighted by atomic mass is 9.99. The smallest absolute Gasteiger partial charge is 0.270 e. The van der Waals surface area contributed by atoms with Crippen LogP contribution >= 0.6 is 23.2 Å². The number of carbonyl (C=O) groups is 1. The molecule has 2 fully saturated rings. The SMILES string of the molecule is Cn1c(C(=O)N2CCN3CCCC[C@H]3C2)cc(Cl)c1Cl. The minimum absolute atomic E-state index is 0.0338. The van der Waals surface area contributed by atoms with Gasteiger partial charge in [-0.05, 0) is 25.5 Å². The molecule has 0 saturated carbocycles. The molecule has 3 heterocycles. The Morgan fingerprint density at radius 3 is 2.75 bits per heavy atom. The second kappa shape index (κ2) is 5.58. The average Bonchev–Trinajstić information content (AvgIpc) is 2.73. The summed E-state index contributed by atoms with van der Waals surface area (Å²) >= 11 is 12.0. The number of nitrogens with zero attached hydrogens (tertiary/aromatic N) is 3. The number of fused-ring (bicyclic) bond motifs is 1. The van der Waals surface area contributed by atoms with Crippen LogP contribution < -0.4 is 0 Å². The maximum absolute atomic E-state index is 12.6. The van der Waals surface area contributed by atoms with Gasteiger partial charge in [-0.15, -0.1) is 0 Å². The molecule has 0 aliphatic carbocycles. The van der Waals surface area contributed by atoms with E-state index in [4.69, 9.17) is 23.2 Å². The van der Waals surface area contributed by atoms with Crippen molar-refractivity contribution in [3.63, 3.8) is 0 Å². The van der Waals surface area contributed by atoms with Gasteiger partial charge in [-0.3, -0.25) is 9.69 Å². The van der Waals surface area contributed by atoms with Crippen molar-refractivity contribution >= 4 is 29.1 Å². The molecule has 0 N–H and O–H groups in total. The molecule has 0 radical (unpaired) electrons. The highest BCUT2D eigenvalue weighted by molar-refractivity contribution is 6.41. The van der Waals surface area contributed by atoms with Crippen molar-refractivity contribution in [2.45, 2.75) is 25.3 Å². The number of carbonyl (C=O) groups excluding carboxylic acids is 1. The Bertz CT molecular complexity index is 529. The van der Waals surface area contributed by atoms with E-state index in [1.165, 1.54) is 25.8 Å². The number of piperazine rings is 1. The first-order valence-electron chi connectivity index (χ1n) is 7.12. The van der Waals surface area contributed by atoms with E-state index >= 15 is 0 Å². The number of aromatic nitrogens is 1. The summed E-state index contributed by atoms with van der Waals surface area (Å²) in [6, 6.07) is 2.19. The Kier molecular flexibility index (Phi) is 3.98. The van der Waals surface area contributed by atoms with E-state index in [2.05, 4.69) is 4.90 Å². The molecule has 1 aromatic heterocycles. The highest BCUT2D eigenvalue weighted by Gasteiger charge is 2.32. The predicted octanol–water partition coefficient (Wildman–Crippen LogP) is 2.64. The third-order valence-corrected chi connectivity index (χ3v) is 5.30. The number of rotatable bonds is 1. The van der Waals surface area contributed by atoms with Crippen LogP contribution in [-0.2, 0) is 7.05 Å². The van der Waals surface area contributed by atoms with Gasteiger partial charge in [0.25, 0.3) is 5.91 Å². The summed E-state index contributed by atoms with van der Waals surface area (Å²) in [5.74, 6) is 0.0338. The van der Waals surface area contributed by atoms with Gasteiger partial charge in [0.2, 0.25) is 0 Å². The molecule has 0 spiro atoms. The first kappa shape index (κ1) is 14.2. The number of hydrogen-bond donors (Lipinski definition) is 0. The molecule has 0 bridgehead atoms. The van der Waals surface area contributed by atoms with E-state index < -0.39 is 0 Å². The van der Waals surface area contributed by atoms with Crippen molar-refractivity contribution in [2.24, 2.45) is 7.05 Å². The molecule has 4 nitrogen and oxygen atoms in total. The number of halogens is 2. The zero-order valence-corrected chi connectivity index (χ0v) is 13.1. The first-order chi connectivity index (χ1) is 9.58. The van der Waals surface area contributed by atoms with Crippen molar-refractivity contribution in [3.05, 3.63) is 21.9 Å². The molecular formula is C14H19Cl2N3O. The molecular weight excluding hydrogens is 297 g/mol. The van der Waals surface area contributed by atoms with Crippen LogP contribution in [0, 0.1) is 0 Å². The molecule has 1 amide bonds. The summed E-state index contributed by atoms with van der Waals surface area (Å²) in [6.07, 6.45) is 3.75. The molecule has 2 aliphatic heterocycles. The van der Waals surface area contributed by atoms with Gasteiger partial charge in [0.1, 0.15) is 10.8 Å². The van der Waals surface area contributed by atoms with Gasteiger partial charge in [0, 0.05) is 32.7 Å². The highest BCUT2D eigenvalue weighted by atomic mass is 35.5. The van der Waals surface area contributed by atoms with Crippen LogP contribution in [0.3, 0.4) is 0 Å². The second-order valence-corrected chi connectivity index (χ2v) is 6.43. The van der Waals surface area contributed by atoms with Crippen LogP contribution in [0.2, 0.25) is 10.2 Å². The van der Waals surface area contributed by atoms with Crippen molar-refractivity contribution in [1.82, 2.24) is 14.4 Å². The topological polar surface area (TPSA) is 28.5 Å². The number of piperidine rings is 1. The summed E-state index contributed by atoms with van der Waals surface area (Å²) < 4.78 is 1.67. The largest absolute Gasteiger partial charge is 0.335 e. The van der Waals surface area contributed by atoms with Gasteiger partial charge in [-0.2, -0.15) is 0 Å². The van der Waals surface area contributed by atoms with E-state index in [9.17, 15) is 4.79 Å². The minimum Gasteiger partial charge on any atom is -0.335 e. The van der Waals surface area contributed by atoms with Crippen LogP contribution in [0.5, 0.6) is 0 Å². The predicted molar refractivity (Wildman–Crippen MR) is 80.5 cm³/mol. The standard InChI is InChI=1S/C14H19Cl2N3O/c1-17-12(8-11(15)13(17)16)14(20)19-7-6-18-5-3-2-4-10(18)9-19/h8,10H,2-7,9H2,1H3/t10-/m0/s1. The van der Waals surface area contributed by atoms with E-state index in [1.807, 2.05) is 4.90 Å². The van der Waals surface area contributed by atoms with Crippen LogP contribution in [0.25, 0.3) is 0 Å². The molecule has 1 aromatic rings. The van der Waals surface area contributed by atoms with Crippen molar-refractivity contribution < 1.29 is 4.79 Å². The zero-order valence-electron chi connectivity index (χ0n) is 11.6. The van der Waals surface area contributed by atoms with Gasteiger partial charge < -0.3 is 9.47 Å². The molecule has 2 aliphatic rings. The van der Waals surface area contributed by atoms with Gasteiger partial charge >= 0.3 is 0 Å². The fourth-order valence-electron chi connectivity index (χ4n) is 3.25. The third-order valence-electron chi connectivity index (χ3n) is 4.46. The Morgan fingerprint density at radius 1 is 1.25 bits per heavy atom. The normalized spacial score (nSPS) is 23.8. The van der Waals surface area contributed by atoms with Crippen molar-refractivity contribution in [1.29, 1.82) is 0 Å². The van der Waals surface area contributed by atoms with Crippen LogP contribution in [-0.4, -0.2) is 52.5 Å². The molecule has 0 unspecified atom stereocenters. The maximum atomic E-state index is 12.6. The summed E-state index contributed by atoms with van der Waals surface area (Å²) in [5, 5.41) is 0.861. The van der Waals surface area contributed by atoms with Gasteiger partial charge in [0.15, 0.2) is 0 Å². The van der Waals surface area contributed by atoms with Crippen LogP contribution in [0.1, 0.15) is 29.8 Å². The molecule has 0 aromatic carbocycles.